The second-order valence-corrected chi connectivity index (χ2v) is 9.59. The molecule has 0 atom stereocenters. The fraction of sp³-hybridized carbons (Fsp3) is 0.350. The van der Waals surface area contributed by atoms with Crippen molar-refractivity contribution in [2.75, 3.05) is 23.7 Å². The normalized spacial score (nSPS) is 15.6. The number of anilines is 2. The van der Waals surface area contributed by atoms with E-state index < -0.39 is 10.0 Å². The molecule has 1 aliphatic rings. The molecule has 3 rings (SSSR count). The van der Waals surface area contributed by atoms with Gasteiger partial charge in [0, 0.05) is 29.5 Å². The zero-order valence-corrected chi connectivity index (χ0v) is 18.1. The first-order chi connectivity index (χ1) is 13.4. The van der Waals surface area contributed by atoms with E-state index in [-0.39, 0.29) is 0 Å². The van der Waals surface area contributed by atoms with E-state index in [2.05, 4.69) is 10.6 Å². The third kappa shape index (κ3) is 5.03. The number of nitrogens with zero attached hydrogens (tertiary/aromatic N) is 1. The van der Waals surface area contributed by atoms with Crippen LogP contribution in [-0.2, 0) is 10.0 Å². The first kappa shape index (κ1) is 21.0. The molecule has 1 aliphatic heterocycles. The van der Waals surface area contributed by atoms with Crippen molar-refractivity contribution in [3.8, 4) is 0 Å². The fourth-order valence-corrected chi connectivity index (χ4v) is 5.09. The number of halogens is 1. The van der Waals surface area contributed by atoms with Crippen molar-refractivity contribution in [1.82, 2.24) is 4.31 Å². The zero-order chi connectivity index (χ0) is 20.1. The number of benzene rings is 2. The number of rotatable bonds is 4. The Kier molecular flexibility index (Phi) is 6.93. The Morgan fingerprint density at radius 3 is 2.29 bits per heavy atom. The van der Waals surface area contributed by atoms with Crippen LogP contribution in [0.1, 0.15) is 31.2 Å². The van der Waals surface area contributed by atoms with Gasteiger partial charge in [-0.25, -0.2) is 8.42 Å². The molecule has 0 bridgehead atoms. The highest BCUT2D eigenvalue weighted by molar-refractivity contribution is 7.89. The predicted molar refractivity (Wildman–Crippen MR) is 120 cm³/mol. The Labute approximate surface area is 177 Å². The summed E-state index contributed by atoms with van der Waals surface area (Å²) in [5, 5.41) is 7.26. The Balaban J connectivity index is 1.67. The Bertz CT molecular complexity index is 938. The minimum Gasteiger partial charge on any atom is -0.332 e. The van der Waals surface area contributed by atoms with Gasteiger partial charge >= 0.3 is 0 Å². The predicted octanol–water partition coefficient (Wildman–Crippen LogP) is 5.02. The fourth-order valence-electron chi connectivity index (χ4n) is 3.17. The Hall–Kier alpha value is -1.67. The van der Waals surface area contributed by atoms with E-state index in [1.54, 1.807) is 28.6 Å². The summed E-state index contributed by atoms with van der Waals surface area (Å²) in [6.45, 7) is 3.10. The van der Waals surface area contributed by atoms with Crippen LogP contribution in [0.5, 0.6) is 0 Å². The first-order valence-corrected chi connectivity index (χ1v) is 11.5. The van der Waals surface area contributed by atoms with Gasteiger partial charge in [0.25, 0.3) is 0 Å². The number of nitrogens with one attached hydrogen (secondary N) is 2. The molecule has 2 N–H and O–H groups in total. The molecule has 0 amide bonds. The van der Waals surface area contributed by atoms with Crippen molar-refractivity contribution in [3.63, 3.8) is 0 Å². The van der Waals surface area contributed by atoms with Gasteiger partial charge in [-0.2, -0.15) is 4.31 Å². The number of hydrogen-bond donors (Lipinski definition) is 2. The molecule has 2 aromatic rings. The zero-order valence-electron chi connectivity index (χ0n) is 15.7. The summed E-state index contributed by atoms with van der Waals surface area (Å²) < 4.78 is 27.3. The molecule has 1 saturated heterocycles. The average molecular weight is 438 g/mol. The third-order valence-corrected chi connectivity index (χ3v) is 7.36. The van der Waals surface area contributed by atoms with Crippen LogP contribution in [0.15, 0.2) is 47.4 Å². The quantitative estimate of drug-likeness (QED) is 0.657. The van der Waals surface area contributed by atoms with Crippen LogP contribution in [0.4, 0.5) is 11.4 Å². The highest BCUT2D eigenvalue weighted by Crippen LogP contribution is 2.24. The number of thiocarbonyl (C=S) groups is 1. The van der Waals surface area contributed by atoms with Crippen LogP contribution in [-0.4, -0.2) is 30.9 Å². The van der Waals surface area contributed by atoms with Crippen molar-refractivity contribution in [3.05, 3.63) is 53.1 Å². The molecule has 28 heavy (non-hydrogen) atoms. The topological polar surface area (TPSA) is 61.4 Å². The third-order valence-electron chi connectivity index (χ3n) is 4.83. The van der Waals surface area contributed by atoms with Crippen molar-refractivity contribution in [2.24, 2.45) is 0 Å². The maximum absolute atomic E-state index is 12.8. The monoisotopic (exact) mass is 437 g/mol. The summed E-state index contributed by atoms with van der Waals surface area (Å²) in [7, 11) is -3.45. The molecular weight excluding hydrogens is 414 g/mol. The molecule has 1 heterocycles. The van der Waals surface area contributed by atoms with Gasteiger partial charge in [0.1, 0.15) is 0 Å². The maximum Gasteiger partial charge on any atom is 0.243 e. The molecule has 8 heteroatoms. The minimum atomic E-state index is -3.45. The first-order valence-electron chi connectivity index (χ1n) is 9.31. The van der Waals surface area contributed by atoms with Crippen molar-refractivity contribution >= 4 is 50.3 Å². The van der Waals surface area contributed by atoms with Crippen LogP contribution in [0.25, 0.3) is 0 Å². The number of sulfonamides is 1. The summed E-state index contributed by atoms with van der Waals surface area (Å²) in [6.07, 6.45) is 4.01. The molecule has 2 aromatic carbocycles. The van der Waals surface area contributed by atoms with Crippen LogP contribution in [0, 0.1) is 6.92 Å². The maximum atomic E-state index is 12.8. The second-order valence-electron chi connectivity index (χ2n) is 6.83. The molecule has 0 aliphatic carbocycles. The Morgan fingerprint density at radius 2 is 1.64 bits per heavy atom. The molecule has 150 valence electrons. The van der Waals surface area contributed by atoms with Crippen molar-refractivity contribution in [1.29, 1.82) is 0 Å². The van der Waals surface area contributed by atoms with E-state index >= 15 is 0 Å². The van der Waals surface area contributed by atoms with E-state index in [0.29, 0.717) is 33.8 Å². The highest BCUT2D eigenvalue weighted by atomic mass is 35.5. The van der Waals surface area contributed by atoms with E-state index in [1.165, 1.54) is 0 Å². The van der Waals surface area contributed by atoms with Gasteiger partial charge < -0.3 is 10.6 Å². The highest BCUT2D eigenvalue weighted by Gasteiger charge is 2.24. The Morgan fingerprint density at radius 1 is 1.00 bits per heavy atom. The lowest BCUT2D eigenvalue weighted by molar-refractivity contribution is 0.424. The summed E-state index contributed by atoms with van der Waals surface area (Å²) in [5.41, 5.74) is 2.45. The van der Waals surface area contributed by atoms with Gasteiger partial charge in [-0.3, -0.25) is 0 Å². The van der Waals surface area contributed by atoms with Gasteiger partial charge in [0.2, 0.25) is 10.0 Å². The van der Waals surface area contributed by atoms with E-state index in [4.69, 9.17) is 23.8 Å². The standard InChI is InChI=1S/C20H24ClN3O2S2/c1-15-18(21)7-6-8-19(15)23-20(27)22-16-9-11-17(12-10-16)28(25,26)24-13-4-2-3-5-14-24/h6-12H,2-5,13-14H2,1H3,(H2,22,23,27). The van der Waals surface area contributed by atoms with Crippen LogP contribution in [0.2, 0.25) is 5.02 Å². The van der Waals surface area contributed by atoms with Crippen LogP contribution in [0.3, 0.4) is 0 Å². The summed E-state index contributed by atoms with van der Waals surface area (Å²) in [6, 6.07) is 12.3. The van der Waals surface area contributed by atoms with Gasteiger partial charge in [0.05, 0.1) is 4.90 Å². The van der Waals surface area contributed by atoms with Gasteiger partial charge in [-0.05, 0) is 73.9 Å². The van der Waals surface area contributed by atoms with Crippen molar-refractivity contribution in [2.45, 2.75) is 37.5 Å². The van der Waals surface area contributed by atoms with Gasteiger partial charge in [-0.15, -0.1) is 0 Å². The van der Waals surface area contributed by atoms with E-state index in [0.717, 1.165) is 36.9 Å². The summed E-state index contributed by atoms with van der Waals surface area (Å²) in [4.78, 5) is 0.310. The van der Waals surface area contributed by atoms with Crippen molar-refractivity contribution < 1.29 is 8.42 Å². The van der Waals surface area contributed by atoms with Crippen LogP contribution < -0.4 is 10.6 Å². The smallest absolute Gasteiger partial charge is 0.243 e. The molecule has 0 unspecified atom stereocenters. The lowest BCUT2D eigenvalue weighted by atomic mass is 10.2. The lowest BCUT2D eigenvalue weighted by Gasteiger charge is -2.20. The van der Waals surface area contributed by atoms with Gasteiger partial charge in [0.15, 0.2) is 5.11 Å². The summed E-state index contributed by atoms with van der Waals surface area (Å²) >= 11 is 11.5. The molecule has 0 saturated carbocycles. The van der Waals surface area contributed by atoms with Crippen LogP contribution >= 0.6 is 23.8 Å². The largest absolute Gasteiger partial charge is 0.332 e. The number of hydrogen-bond acceptors (Lipinski definition) is 3. The molecule has 1 fully saturated rings. The lowest BCUT2D eigenvalue weighted by Crippen LogP contribution is -2.31. The molecule has 0 radical (unpaired) electrons. The molecule has 0 spiro atoms. The van der Waals surface area contributed by atoms with E-state index in [1.807, 2.05) is 25.1 Å². The van der Waals surface area contributed by atoms with Gasteiger partial charge in [-0.1, -0.05) is 30.5 Å². The minimum absolute atomic E-state index is 0.310. The molecule has 5 nitrogen and oxygen atoms in total. The second kappa shape index (κ2) is 9.22. The average Bonchev–Trinajstić information content (AvgIpc) is 2.96. The molecular formula is C20H24ClN3O2S2. The van der Waals surface area contributed by atoms with E-state index in [9.17, 15) is 8.42 Å². The summed E-state index contributed by atoms with van der Waals surface area (Å²) in [5.74, 6) is 0. The molecule has 0 aromatic heterocycles. The SMILES string of the molecule is Cc1c(Cl)cccc1NC(=S)Nc1ccc(S(=O)(=O)N2CCCCCC2)cc1.